The van der Waals surface area contributed by atoms with Crippen LogP contribution in [0.3, 0.4) is 0 Å². The predicted octanol–water partition coefficient (Wildman–Crippen LogP) is 4.77. The molecule has 6 nitrogen and oxygen atoms in total. The third-order valence-electron chi connectivity index (χ3n) is 4.37. The Morgan fingerprint density at radius 2 is 1.90 bits per heavy atom. The molecule has 0 saturated carbocycles. The average molecular weight is 469 g/mol. The van der Waals surface area contributed by atoms with Gasteiger partial charge in [-0.2, -0.15) is 0 Å². The van der Waals surface area contributed by atoms with Crippen molar-refractivity contribution < 1.29 is 4.79 Å². The lowest BCUT2D eigenvalue weighted by Crippen LogP contribution is -2.14. The number of anilines is 1. The first-order chi connectivity index (χ1) is 14.1. The summed E-state index contributed by atoms with van der Waals surface area (Å²) in [5, 5.41) is 5.90. The fourth-order valence-electron chi connectivity index (χ4n) is 2.94. The van der Waals surface area contributed by atoms with Gasteiger partial charge in [0, 0.05) is 28.3 Å². The Morgan fingerprint density at radius 1 is 1.10 bits per heavy atom. The van der Waals surface area contributed by atoms with E-state index in [0.717, 1.165) is 15.7 Å². The van der Waals surface area contributed by atoms with Crippen LogP contribution in [0.5, 0.6) is 0 Å². The fourth-order valence-corrected chi connectivity index (χ4v) is 3.94. The molecule has 0 saturated heterocycles. The van der Waals surface area contributed by atoms with Gasteiger partial charge in [-0.05, 0) is 30.7 Å². The lowest BCUT2D eigenvalue weighted by atomic mass is 10.2. The number of hydrogen-bond acceptors (Lipinski definition) is 5. The SMILES string of the molecule is O=C(CCCc1nc2ccccc2c(=O)[nH]1)Nc1nc(-c2ccc(Br)cc2)cs1. The minimum Gasteiger partial charge on any atom is -0.310 e. The number of para-hydroxylation sites is 1. The quantitative estimate of drug-likeness (QED) is 0.426. The van der Waals surface area contributed by atoms with E-state index in [1.807, 2.05) is 47.8 Å². The summed E-state index contributed by atoms with van der Waals surface area (Å²) in [6.45, 7) is 0. The molecule has 1 amide bonds. The van der Waals surface area contributed by atoms with Crippen molar-refractivity contribution >= 4 is 49.2 Å². The molecule has 146 valence electrons. The Labute approximate surface area is 179 Å². The Bertz CT molecular complexity index is 1220. The predicted molar refractivity (Wildman–Crippen MR) is 119 cm³/mol. The average Bonchev–Trinajstić information content (AvgIpc) is 3.17. The molecule has 0 atom stereocenters. The summed E-state index contributed by atoms with van der Waals surface area (Å²) in [5.74, 6) is 0.484. The molecular formula is C21H17BrN4O2S. The number of carbonyl (C=O) groups is 1. The van der Waals surface area contributed by atoms with E-state index in [1.54, 1.807) is 6.07 Å². The highest BCUT2D eigenvalue weighted by molar-refractivity contribution is 9.10. The van der Waals surface area contributed by atoms with Crippen LogP contribution in [0.25, 0.3) is 22.2 Å². The standard InChI is InChI=1S/C21H17BrN4O2S/c22-14-10-8-13(9-11-14)17-12-29-21(24-17)26-19(27)7-3-6-18-23-16-5-2-1-4-15(16)20(28)25-18/h1-2,4-5,8-12H,3,6-7H2,(H,23,25,28)(H,24,26,27). The lowest BCUT2D eigenvalue weighted by Gasteiger charge is -2.04. The number of nitrogens with zero attached hydrogens (tertiary/aromatic N) is 2. The molecule has 2 heterocycles. The minimum absolute atomic E-state index is 0.107. The van der Waals surface area contributed by atoms with Crippen LogP contribution >= 0.6 is 27.3 Å². The summed E-state index contributed by atoms with van der Waals surface area (Å²) in [5.41, 5.74) is 2.34. The van der Waals surface area contributed by atoms with Crippen molar-refractivity contribution in [3.05, 3.63) is 74.6 Å². The van der Waals surface area contributed by atoms with Crippen LogP contribution in [-0.2, 0) is 11.2 Å². The van der Waals surface area contributed by atoms with Gasteiger partial charge in [0.25, 0.3) is 5.56 Å². The topological polar surface area (TPSA) is 87.7 Å². The highest BCUT2D eigenvalue weighted by Gasteiger charge is 2.09. The van der Waals surface area contributed by atoms with Crippen LogP contribution in [0.4, 0.5) is 5.13 Å². The Kier molecular flexibility index (Phi) is 5.82. The van der Waals surface area contributed by atoms with Gasteiger partial charge in [-0.3, -0.25) is 9.59 Å². The Morgan fingerprint density at radius 3 is 2.72 bits per heavy atom. The number of aromatic nitrogens is 3. The molecule has 2 aromatic heterocycles. The molecule has 2 aromatic carbocycles. The van der Waals surface area contributed by atoms with Crippen molar-refractivity contribution in [2.45, 2.75) is 19.3 Å². The number of rotatable bonds is 6. The van der Waals surface area contributed by atoms with Crippen molar-refractivity contribution in [3.8, 4) is 11.3 Å². The van der Waals surface area contributed by atoms with Gasteiger partial charge in [0.15, 0.2) is 5.13 Å². The number of aryl methyl sites for hydroxylation is 1. The zero-order valence-electron chi connectivity index (χ0n) is 15.3. The smallest absolute Gasteiger partial charge is 0.258 e. The van der Waals surface area contributed by atoms with Crippen LogP contribution in [-0.4, -0.2) is 20.9 Å². The summed E-state index contributed by atoms with van der Waals surface area (Å²) < 4.78 is 1.01. The number of H-pyrrole nitrogens is 1. The number of thiazole rings is 1. The number of nitrogens with one attached hydrogen (secondary N) is 2. The molecule has 4 rings (SSSR count). The number of hydrogen-bond donors (Lipinski definition) is 2. The maximum Gasteiger partial charge on any atom is 0.258 e. The molecule has 4 aromatic rings. The molecule has 0 aliphatic heterocycles. The van der Waals surface area contributed by atoms with Crippen molar-refractivity contribution in [1.82, 2.24) is 15.0 Å². The van der Waals surface area contributed by atoms with Gasteiger partial charge in [0.1, 0.15) is 5.82 Å². The van der Waals surface area contributed by atoms with Crippen LogP contribution in [0.15, 0.2) is 63.2 Å². The molecule has 29 heavy (non-hydrogen) atoms. The van der Waals surface area contributed by atoms with Gasteiger partial charge in [-0.25, -0.2) is 9.97 Å². The maximum absolute atomic E-state index is 12.2. The molecule has 0 aliphatic rings. The number of benzene rings is 2. The van der Waals surface area contributed by atoms with Gasteiger partial charge in [0.2, 0.25) is 5.91 Å². The molecule has 0 fully saturated rings. The molecule has 0 spiro atoms. The molecular weight excluding hydrogens is 452 g/mol. The Balaban J connectivity index is 1.33. The second-order valence-electron chi connectivity index (χ2n) is 6.48. The van der Waals surface area contributed by atoms with Crippen molar-refractivity contribution in [1.29, 1.82) is 0 Å². The van der Waals surface area contributed by atoms with E-state index in [0.29, 0.717) is 41.1 Å². The summed E-state index contributed by atoms with van der Waals surface area (Å²) in [6, 6.07) is 15.1. The highest BCUT2D eigenvalue weighted by atomic mass is 79.9. The van der Waals surface area contributed by atoms with E-state index in [4.69, 9.17) is 0 Å². The molecule has 0 aliphatic carbocycles. The van der Waals surface area contributed by atoms with Crippen LogP contribution in [0.2, 0.25) is 0 Å². The van der Waals surface area contributed by atoms with E-state index in [9.17, 15) is 9.59 Å². The van der Waals surface area contributed by atoms with Crippen LogP contribution < -0.4 is 10.9 Å². The maximum atomic E-state index is 12.2. The van der Waals surface area contributed by atoms with E-state index in [1.165, 1.54) is 11.3 Å². The third-order valence-corrected chi connectivity index (χ3v) is 5.66. The number of carbonyl (C=O) groups excluding carboxylic acids is 1. The zero-order chi connectivity index (χ0) is 20.2. The first-order valence-electron chi connectivity index (χ1n) is 9.08. The molecule has 0 bridgehead atoms. The third kappa shape index (κ3) is 4.78. The first kappa shape index (κ1) is 19.5. The normalized spacial score (nSPS) is 10.9. The summed E-state index contributed by atoms with van der Waals surface area (Å²) in [7, 11) is 0. The Hall–Kier alpha value is -2.84. The molecule has 8 heteroatoms. The van der Waals surface area contributed by atoms with Gasteiger partial charge < -0.3 is 10.3 Å². The number of fused-ring (bicyclic) bond motifs is 1. The first-order valence-corrected chi connectivity index (χ1v) is 10.7. The molecule has 2 N–H and O–H groups in total. The fraction of sp³-hybridized carbons (Fsp3) is 0.143. The zero-order valence-corrected chi connectivity index (χ0v) is 17.7. The van der Waals surface area contributed by atoms with Crippen LogP contribution in [0.1, 0.15) is 18.7 Å². The number of halogens is 1. The van der Waals surface area contributed by atoms with E-state index in [-0.39, 0.29) is 11.5 Å². The van der Waals surface area contributed by atoms with Crippen molar-refractivity contribution in [3.63, 3.8) is 0 Å². The van der Waals surface area contributed by atoms with Crippen molar-refractivity contribution in [2.24, 2.45) is 0 Å². The second-order valence-corrected chi connectivity index (χ2v) is 8.25. The number of amides is 1. The van der Waals surface area contributed by atoms with Gasteiger partial charge >= 0.3 is 0 Å². The summed E-state index contributed by atoms with van der Waals surface area (Å²) in [4.78, 5) is 36.0. The van der Waals surface area contributed by atoms with Gasteiger partial charge in [-0.1, -0.05) is 40.2 Å². The van der Waals surface area contributed by atoms with Crippen LogP contribution in [0, 0.1) is 0 Å². The van der Waals surface area contributed by atoms with E-state index < -0.39 is 0 Å². The molecule has 0 radical (unpaired) electrons. The van der Waals surface area contributed by atoms with E-state index in [2.05, 4.69) is 36.2 Å². The highest BCUT2D eigenvalue weighted by Crippen LogP contribution is 2.26. The van der Waals surface area contributed by atoms with Gasteiger partial charge in [0.05, 0.1) is 16.6 Å². The molecule has 0 unspecified atom stereocenters. The van der Waals surface area contributed by atoms with Gasteiger partial charge in [-0.15, -0.1) is 11.3 Å². The minimum atomic E-state index is -0.154. The van der Waals surface area contributed by atoms with E-state index >= 15 is 0 Å². The summed E-state index contributed by atoms with van der Waals surface area (Å²) in [6.07, 6.45) is 1.43. The lowest BCUT2D eigenvalue weighted by molar-refractivity contribution is -0.116. The second kappa shape index (κ2) is 8.67. The monoisotopic (exact) mass is 468 g/mol. The number of aromatic amines is 1. The summed E-state index contributed by atoms with van der Waals surface area (Å²) >= 11 is 4.81. The largest absolute Gasteiger partial charge is 0.310 e. The van der Waals surface area contributed by atoms with Crippen molar-refractivity contribution in [2.75, 3.05) is 5.32 Å².